The highest BCUT2D eigenvalue weighted by Gasteiger charge is 2.33. The van der Waals surface area contributed by atoms with Crippen molar-refractivity contribution in [2.75, 3.05) is 14.2 Å². The van der Waals surface area contributed by atoms with Crippen LogP contribution in [0.5, 0.6) is 0 Å². The first-order valence-electron chi connectivity index (χ1n) is 3.55. The third-order valence-corrected chi connectivity index (χ3v) is 1.80. The number of carbonyl (C=O) groups is 2. The summed E-state index contributed by atoms with van der Waals surface area (Å²) in [4.78, 5) is 22.0. The van der Waals surface area contributed by atoms with Crippen molar-refractivity contribution in [3.63, 3.8) is 0 Å². The van der Waals surface area contributed by atoms with Crippen LogP contribution >= 0.6 is 0 Å². The quantitative estimate of drug-likeness (QED) is 0.441. The molecule has 66 valence electrons. The molecule has 0 aromatic heterocycles. The molecular formula is C8H10O4. The van der Waals surface area contributed by atoms with Gasteiger partial charge in [-0.3, -0.25) is 9.59 Å². The van der Waals surface area contributed by atoms with Crippen LogP contribution in [0.15, 0.2) is 11.8 Å². The maximum absolute atomic E-state index is 11.1. The van der Waals surface area contributed by atoms with Gasteiger partial charge < -0.3 is 9.47 Å². The van der Waals surface area contributed by atoms with E-state index in [1.54, 1.807) is 0 Å². The molecule has 1 atom stereocenters. The molecule has 0 spiro atoms. The third-order valence-electron chi connectivity index (χ3n) is 1.80. The van der Waals surface area contributed by atoms with E-state index in [9.17, 15) is 9.59 Å². The largest absolute Gasteiger partial charge is 0.501 e. The summed E-state index contributed by atoms with van der Waals surface area (Å²) in [7, 11) is 2.74. The van der Waals surface area contributed by atoms with Gasteiger partial charge in [0.15, 0.2) is 5.78 Å². The summed E-state index contributed by atoms with van der Waals surface area (Å²) in [5, 5.41) is 0. The lowest BCUT2D eigenvalue weighted by molar-refractivity contribution is -0.147. The number of hydrogen-bond donors (Lipinski definition) is 0. The topological polar surface area (TPSA) is 52.6 Å². The van der Waals surface area contributed by atoms with Crippen LogP contribution in [0.1, 0.15) is 6.42 Å². The Labute approximate surface area is 70.1 Å². The minimum atomic E-state index is -0.690. The summed E-state index contributed by atoms with van der Waals surface area (Å²) in [5.74, 6) is -0.887. The number of methoxy groups -OCH3 is 2. The molecule has 1 aliphatic rings. The molecule has 4 nitrogen and oxygen atoms in total. The summed E-state index contributed by atoms with van der Waals surface area (Å²) in [6.07, 6.45) is 1.66. The van der Waals surface area contributed by atoms with E-state index < -0.39 is 11.9 Å². The van der Waals surface area contributed by atoms with Crippen LogP contribution in [0.25, 0.3) is 0 Å². The van der Waals surface area contributed by atoms with Gasteiger partial charge in [0.25, 0.3) is 0 Å². The summed E-state index contributed by atoms with van der Waals surface area (Å²) in [5.41, 5.74) is 0. The zero-order valence-electron chi connectivity index (χ0n) is 6.99. The Hall–Kier alpha value is -1.32. The number of rotatable bonds is 2. The summed E-state index contributed by atoms with van der Waals surface area (Å²) >= 11 is 0. The van der Waals surface area contributed by atoms with Crippen LogP contribution in [0, 0.1) is 5.92 Å². The Kier molecular flexibility index (Phi) is 2.47. The fourth-order valence-electron chi connectivity index (χ4n) is 1.10. The van der Waals surface area contributed by atoms with Crippen molar-refractivity contribution < 1.29 is 19.1 Å². The fraction of sp³-hybridized carbons (Fsp3) is 0.500. The van der Waals surface area contributed by atoms with E-state index in [-0.39, 0.29) is 5.78 Å². The number of allylic oxidation sites excluding steroid dienone is 2. The second-order valence-electron chi connectivity index (χ2n) is 2.50. The molecule has 1 unspecified atom stereocenters. The van der Waals surface area contributed by atoms with E-state index in [0.29, 0.717) is 12.2 Å². The lowest BCUT2D eigenvalue weighted by Gasteiger charge is -2.04. The molecule has 0 aromatic rings. The number of hydrogen-bond acceptors (Lipinski definition) is 4. The van der Waals surface area contributed by atoms with Crippen LogP contribution in [0.2, 0.25) is 0 Å². The second-order valence-corrected chi connectivity index (χ2v) is 2.50. The number of esters is 1. The van der Waals surface area contributed by atoms with E-state index >= 15 is 0 Å². The fourth-order valence-corrected chi connectivity index (χ4v) is 1.10. The average molecular weight is 170 g/mol. The zero-order valence-corrected chi connectivity index (χ0v) is 6.99. The minimum absolute atomic E-state index is 0.237. The predicted octanol–water partition coefficient (Wildman–Crippen LogP) is 0.279. The van der Waals surface area contributed by atoms with E-state index in [1.807, 2.05) is 0 Å². The SMILES string of the molecule is COC(=O)C1CC(OC)=CC1=O. The molecule has 0 radical (unpaired) electrons. The molecule has 0 N–H and O–H groups in total. The standard InChI is InChI=1S/C8H10O4/c1-11-5-3-6(7(9)4-5)8(10)12-2/h4,6H,3H2,1-2H3. The van der Waals surface area contributed by atoms with Crippen molar-refractivity contribution in [1.29, 1.82) is 0 Å². The highest BCUT2D eigenvalue weighted by Crippen LogP contribution is 2.22. The van der Waals surface area contributed by atoms with Gasteiger partial charge in [0.2, 0.25) is 0 Å². The molecule has 0 aromatic carbocycles. The molecule has 0 aliphatic heterocycles. The number of carbonyl (C=O) groups excluding carboxylic acids is 2. The van der Waals surface area contributed by atoms with Gasteiger partial charge in [0.05, 0.1) is 14.2 Å². The van der Waals surface area contributed by atoms with Crippen molar-refractivity contribution in [2.24, 2.45) is 5.92 Å². The van der Waals surface area contributed by atoms with Gasteiger partial charge in [-0.05, 0) is 0 Å². The van der Waals surface area contributed by atoms with Gasteiger partial charge in [0.1, 0.15) is 11.7 Å². The van der Waals surface area contributed by atoms with Crippen LogP contribution in [0.3, 0.4) is 0 Å². The Balaban J connectivity index is 2.65. The average Bonchev–Trinajstić information content (AvgIpc) is 2.45. The predicted molar refractivity (Wildman–Crippen MR) is 40.2 cm³/mol. The van der Waals surface area contributed by atoms with Gasteiger partial charge >= 0.3 is 5.97 Å². The van der Waals surface area contributed by atoms with Crippen molar-refractivity contribution in [3.8, 4) is 0 Å². The maximum atomic E-state index is 11.1. The first-order valence-corrected chi connectivity index (χ1v) is 3.55. The molecule has 0 bridgehead atoms. The Morgan fingerprint density at radius 1 is 1.58 bits per heavy atom. The molecule has 1 rings (SSSR count). The van der Waals surface area contributed by atoms with E-state index in [4.69, 9.17) is 4.74 Å². The van der Waals surface area contributed by atoms with Crippen LogP contribution in [-0.2, 0) is 19.1 Å². The first kappa shape index (κ1) is 8.77. The zero-order chi connectivity index (χ0) is 9.14. The van der Waals surface area contributed by atoms with Gasteiger partial charge in [-0.15, -0.1) is 0 Å². The van der Waals surface area contributed by atoms with E-state index in [2.05, 4.69) is 4.74 Å². The number of ether oxygens (including phenoxy) is 2. The molecule has 0 saturated carbocycles. The van der Waals surface area contributed by atoms with Gasteiger partial charge in [-0.25, -0.2) is 0 Å². The summed E-state index contributed by atoms with van der Waals surface area (Å²) in [6, 6.07) is 0. The summed E-state index contributed by atoms with van der Waals surface area (Å²) in [6.45, 7) is 0. The Bertz CT molecular complexity index is 241. The van der Waals surface area contributed by atoms with Crippen LogP contribution in [0.4, 0.5) is 0 Å². The normalized spacial score (nSPS) is 22.0. The van der Waals surface area contributed by atoms with Gasteiger partial charge in [0, 0.05) is 12.5 Å². The Morgan fingerprint density at radius 2 is 2.25 bits per heavy atom. The molecule has 12 heavy (non-hydrogen) atoms. The smallest absolute Gasteiger partial charge is 0.317 e. The lowest BCUT2D eigenvalue weighted by atomic mass is 10.1. The van der Waals surface area contributed by atoms with Crippen molar-refractivity contribution in [3.05, 3.63) is 11.8 Å². The van der Waals surface area contributed by atoms with Gasteiger partial charge in [-0.1, -0.05) is 0 Å². The molecular weight excluding hydrogens is 160 g/mol. The summed E-state index contributed by atoms with van der Waals surface area (Å²) < 4.78 is 9.29. The molecule has 0 saturated heterocycles. The number of ketones is 1. The highest BCUT2D eigenvalue weighted by atomic mass is 16.5. The van der Waals surface area contributed by atoms with Crippen LogP contribution < -0.4 is 0 Å². The molecule has 4 heteroatoms. The van der Waals surface area contributed by atoms with Crippen molar-refractivity contribution in [2.45, 2.75) is 6.42 Å². The third kappa shape index (κ3) is 1.47. The minimum Gasteiger partial charge on any atom is -0.501 e. The molecule has 0 fully saturated rings. The molecule has 0 amide bonds. The van der Waals surface area contributed by atoms with Crippen molar-refractivity contribution in [1.82, 2.24) is 0 Å². The maximum Gasteiger partial charge on any atom is 0.317 e. The first-order chi connectivity index (χ1) is 5.69. The van der Waals surface area contributed by atoms with E-state index in [1.165, 1.54) is 20.3 Å². The van der Waals surface area contributed by atoms with Gasteiger partial charge in [-0.2, -0.15) is 0 Å². The van der Waals surface area contributed by atoms with Crippen LogP contribution in [-0.4, -0.2) is 26.0 Å². The highest BCUT2D eigenvalue weighted by molar-refractivity contribution is 6.07. The lowest BCUT2D eigenvalue weighted by Crippen LogP contribution is -2.20. The Morgan fingerprint density at radius 3 is 2.67 bits per heavy atom. The molecule has 1 aliphatic carbocycles. The second kappa shape index (κ2) is 3.38. The van der Waals surface area contributed by atoms with E-state index in [0.717, 1.165) is 0 Å². The molecule has 0 heterocycles. The van der Waals surface area contributed by atoms with Crippen molar-refractivity contribution >= 4 is 11.8 Å². The monoisotopic (exact) mass is 170 g/mol.